The summed E-state index contributed by atoms with van der Waals surface area (Å²) in [6.07, 6.45) is 2.60. The number of rotatable bonds is 4. The molecule has 2 bridgehead atoms. The van der Waals surface area contributed by atoms with Crippen LogP contribution in [0.5, 0.6) is 11.5 Å². The number of piperidine rings is 1. The van der Waals surface area contributed by atoms with Crippen LogP contribution in [-0.2, 0) is 0 Å². The third-order valence-electron chi connectivity index (χ3n) is 5.50. The summed E-state index contributed by atoms with van der Waals surface area (Å²) in [7, 11) is 3.16. The van der Waals surface area contributed by atoms with E-state index in [1.807, 2.05) is 17.0 Å². The standard InChI is InChI=1S/C19H20N6O3/c1-27-15-5-12(6-16(8-15)28-2)19(26)25-13-7-14(25)10-23(9-13)18-4-3-17-21-20-11-24(17)22-18/h3-6,8,11,13-14H,7,9-10H2,1-2H3. The van der Waals surface area contributed by atoms with Gasteiger partial charge in [-0.25, -0.2) is 0 Å². The molecule has 0 N–H and O–H groups in total. The summed E-state index contributed by atoms with van der Waals surface area (Å²) in [5.41, 5.74) is 1.30. The van der Waals surface area contributed by atoms with Gasteiger partial charge in [-0.1, -0.05) is 0 Å². The van der Waals surface area contributed by atoms with E-state index in [0.717, 1.165) is 31.0 Å². The lowest BCUT2D eigenvalue weighted by molar-refractivity contribution is 0.00567. The van der Waals surface area contributed by atoms with E-state index in [2.05, 4.69) is 20.2 Å². The van der Waals surface area contributed by atoms with Crippen molar-refractivity contribution in [2.75, 3.05) is 32.2 Å². The van der Waals surface area contributed by atoms with Gasteiger partial charge >= 0.3 is 0 Å². The van der Waals surface area contributed by atoms with Crippen LogP contribution in [0.15, 0.2) is 36.7 Å². The van der Waals surface area contributed by atoms with Gasteiger partial charge in [0, 0.05) is 24.7 Å². The maximum atomic E-state index is 13.1. The fraction of sp³-hybridized carbons (Fsp3) is 0.368. The topological polar surface area (TPSA) is 85.1 Å². The molecule has 2 atom stereocenters. The van der Waals surface area contributed by atoms with Gasteiger partial charge in [0.05, 0.1) is 26.3 Å². The second-order valence-electron chi connectivity index (χ2n) is 7.09. The van der Waals surface area contributed by atoms with Gasteiger partial charge in [0.1, 0.15) is 23.6 Å². The molecule has 0 aliphatic carbocycles. The zero-order valence-corrected chi connectivity index (χ0v) is 15.6. The van der Waals surface area contributed by atoms with Crippen molar-refractivity contribution >= 4 is 17.4 Å². The molecule has 9 heteroatoms. The zero-order valence-electron chi connectivity index (χ0n) is 15.6. The number of anilines is 1. The molecule has 3 aromatic rings. The summed E-state index contributed by atoms with van der Waals surface area (Å²) >= 11 is 0. The molecule has 0 spiro atoms. The Morgan fingerprint density at radius 1 is 1.07 bits per heavy atom. The minimum Gasteiger partial charge on any atom is -0.497 e. The van der Waals surface area contributed by atoms with Crippen LogP contribution in [-0.4, -0.2) is 70.0 Å². The van der Waals surface area contributed by atoms with Crippen molar-refractivity contribution in [3.63, 3.8) is 0 Å². The minimum absolute atomic E-state index is 0.0142. The molecule has 3 saturated heterocycles. The number of hydrogen-bond donors (Lipinski definition) is 0. The molecule has 5 heterocycles. The summed E-state index contributed by atoms with van der Waals surface area (Å²) in [4.78, 5) is 17.3. The summed E-state index contributed by atoms with van der Waals surface area (Å²) in [5, 5.41) is 12.4. The number of hydrogen-bond acceptors (Lipinski definition) is 7. The Balaban J connectivity index is 1.35. The van der Waals surface area contributed by atoms with E-state index in [0.29, 0.717) is 17.1 Å². The fourth-order valence-electron chi connectivity index (χ4n) is 4.10. The molecule has 1 aromatic carbocycles. The largest absolute Gasteiger partial charge is 0.497 e. The third kappa shape index (κ3) is 2.62. The van der Waals surface area contributed by atoms with Crippen molar-refractivity contribution in [1.82, 2.24) is 24.7 Å². The third-order valence-corrected chi connectivity index (χ3v) is 5.50. The van der Waals surface area contributed by atoms with Crippen molar-refractivity contribution in [1.29, 1.82) is 0 Å². The van der Waals surface area contributed by atoms with Gasteiger partial charge < -0.3 is 19.3 Å². The molecular formula is C19H20N6O3. The Kier molecular flexibility index (Phi) is 3.81. The molecule has 3 aliphatic heterocycles. The van der Waals surface area contributed by atoms with Gasteiger partial charge in [-0.05, 0) is 30.7 Å². The zero-order chi connectivity index (χ0) is 19.3. The predicted molar refractivity (Wildman–Crippen MR) is 101 cm³/mol. The summed E-state index contributed by atoms with van der Waals surface area (Å²) in [6, 6.07) is 9.48. The Morgan fingerprint density at radius 2 is 1.79 bits per heavy atom. The van der Waals surface area contributed by atoms with E-state index in [1.54, 1.807) is 43.3 Å². The average Bonchev–Trinajstić information content (AvgIpc) is 3.21. The lowest BCUT2D eigenvalue weighted by atomic mass is 9.86. The van der Waals surface area contributed by atoms with Gasteiger partial charge in [0.2, 0.25) is 0 Å². The Bertz CT molecular complexity index is 1020. The number of fused-ring (bicyclic) bond motifs is 3. The summed E-state index contributed by atoms with van der Waals surface area (Å²) in [6.45, 7) is 1.51. The first-order valence-corrected chi connectivity index (χ1v) is 9.14. The molecule has 9 nitrogen and oxygen atoms in total. The van der Waals surface area contributed by atoms with E-state index in [4.69, 9.17) is 9.47 Å². The number of carbonyl (C=O) groups is 1. The SMILES string of the molecule is COc1cc(OC)cc(C(=O)N2C3CC2CN(c2ccc4nncn4n2)C3)c1. The van der Waals surface area contributed by atoms with Crippen LogP contribution in [0, 0.1) is 0 Å². The lowest BCUT2D eigenvalue weighted by Crippen LogP contribution is -2.70. The van der Waals surface area contributed by atoms with Gasteiger partial charge in [0.25, 0.3) is 5.91 Å². The first-order chi connectivity index (χ1) is 13.7. The molecule has 2 aromatic heterocycles. The smallest absolute Gasteiger partial charge is 0.254 e. The van der Waals surface area contributed by atoms with E-state index in [-0.39, 0.29) is 18.0 Å². The van der Waals surface area contributed by atoms with Crippen LogP contribution >= 0.6 is 0 Å². The van der Waals surface area contributed by atoms with Crippen molar-refractivity contribution in [2.24, 2.45) is 0 Å². The Morgan fingerprint density at radius 3 is 2.46 bits per heavy atom. The molecule has 2 unspecified atom stereocenters. The van der Waals surface area contributed by atoms with Crippen LogP contribution in [0.4, 0.5) is 5.82 Å². The van der Waals surface area contributed by atoms with Crippen LogP contribution < -0.4 is 14.4 Å². The maximum absolute atomic E-state index is 13.1. The van der Waals surface area contributed by atoms with Crippen LogP contribution in [0.25, 0.3) is 5.65 Å². The first-order valence-electron chi connectivity index (χ1n) is 9.14. The number of amides is 1. The summed E-state index contributed by atoms with van der Waals surface area (Å²) < 4.78 is 12.3. The Labute approximate surface area is 161 Å². The highest BCUT2D eigenvalue weighted by Gasteiger charge is 2.47. The molecule has 3 aliphatic rings. The Hall–Kier alpha value is -3.36. The molecule has 6 rings (SSSR count). The highest BCUT2D eigenvalue weighted by atomic mass is 16.5. The number of ether oxygens (including phenoxy) is 2. The molecule has 3 fully saturated rings. The van der Waals surface area contributed by atoms with Crippen molar-refractivity contribution in [3.8, 4) is 11.5 Å². The van der Waals surface area contributed by atoms with Crippen LogP contribution in [0.3, 0.4) is 0 Å². The number of piperazine rings is 1. The van der Waals surface area contributed by atoms with Crippen LogP contribution in [0.2, 0.25) is 0 Å². The lowest BCUT2D eigenvalue weighted by Gasteiger charge is -2.56. The maximum Gasteiger partial charge on any atom is 0.254 e. The second-order valence-corrected chi connectivity index (χ2v) is 7.09. The van der Waals surface area contributed by atoms with E-state index in [1.165, 1.54) is 0 Å². The monoisotopic (exact) mass is 380 g/mol. The number of nitrogens with zero attached hydrogens (tertiary/aromatic N) is 6. The normalized spacial score (nSPS) is 20.8. The van der Waals surface area contributed by atoms with Gasteiger partial charge in [-0.2, -0.15) is 4.52 Å². The molecule has 28 heavy (non-hydrogen) atoms. The molecule has 0 saturated carbocycles. The fourth-order valence-corrected chi connectivity index (χ4v) is 4.10. The number of carbonyl (C=O) groups excluding carboxylic acids is 1. The first kappa shape index (κ1) is 16.8. The molecule has 0 radical (unpaired) electrons. The highest BCUT2D eigenvalue weighted by Crippen LogP contribution is 2.36. The predicted octanol–water partition coefficient (Wildman–Crippen LogP) is 1.24. The van der Waals surface area contributed by atoms with Gasteiger partial charge in [-0.15, -0.1) is 15.3 Å². The molecule has 144 valence electrons. The van der Waals surface area contributed by atoms with Crippen molar-refractivity contribution < 1.29 is 14.3 Å². The van der Waals surface area contributed by atoms with Gasteiger partial charge in [-0.3, -0.25) is 4.79 Å². The molecular weight excluding hydrogens is 360 g/mol. The number of aromatic nitrogens is 4. The molecule has 1 amide bonds. The number of methoxy groups -OCH3 is 2. The second kappa shape index (κ2) is 6.36. The van der Waals surface area contributed by atoms with E-state index >= 15 is 0 Å². The average molecular weight is 380 g/mol. The summed E-state index contributed by atoms with van der Waals surface area (Å²) in [5.74, 6) is 2.11. The van der Waals surface area contributed by atoms with Gasteiger partial charge in [0.15, 0.2) is 5.65 Å². The quantitative estimate of drug-likeness (QED) is 0.673. The van der Waals surface area contributed by atoms with Crippen molar-refractivity contribution in [2.45, 2.75) is 18.5 Å². The van der Waals surface area contributed by atoms with Crippen LogP contribution in [0.1, 0.15) is 16.8 Å². The highest BCUT2D eigenvalue weighted by molar-refractivity contribution is 5.96. The van der Waals surface area contributed by atoms with E-state index < -0.39 is 0 Å². The van der Waals surface area contributed by atoms with E-state index in [9.17, 15) is 4.79 Å². The van der Waals surface area contributed by atoms with Crippen molar-refractivity contribution in [3.05, 3.63) is 42.2 Å². The number of benzene rings is 1. The minimum atomic E-state index is 0.0142.